The van der Waals surface area contributed by atoms with Gasteiger partial charge in [-0.05, 0) is 103 Å². The molecule has 26 nitrogen and oxygen atoms in total. The molecule has 2 aliphatic rings. The first-order valence-corrected chi connectivity index (χ1v) is 31.1. The molecule has 0 aliphatic carbocycles. The molecule has 81 heavy (non-hydrogen) atoms. The number of hydrogen-bond donors (Lipinski definition) is 8. The van der Waals surface area contributed by atoms with Crippen LogP contribution in [0.25, 0.3) is 27.1 Å². The highest BCUT2D eigenvalue weighted by molar-refractivity contribution is 7.95. The molecule has 0 amide bonds. The third-order valence-corrected chi connectivity index (χ3v) is 18.0. The zero-order chi connectivity index (χ0) is 59.2. The summed E-state index contributed by atoms with van der Waals surface area (Å²) in [6.07, 6.45) is 7.97. The Labute approximate surface area is 470 Å². The van der Waals surface area contributed by atoms with E-state index in [1.807, 2.05) is 4.90 Å². The van der Waals surface area contributed by atoms with Gasteiger partial charge in [-0.25, -0.2) is 15.3 Å². The summed E-state index contributed by atoms with van der Waals surface area (Å²) >= 11 is 1.22. The average Bonchev–Trinajstić information content (AvgIpc) is 4.14. The van der Waals surface area contributed by atoms with Crippen molar-refractivity contribution in [2.75, 3.05) is 29.5 Å². The van der Waals surface area contributed by atoms with Crippen molar-refractivity contribution in [3.8, 4) is 11.8 Å². The second-order valence-corrected chi connectivity index (χ2v) is 26.5. The number of aromatic nitrogens is 2. The van der Waals surface area contributed by atoms with E-state index < -0.39 is 89.5 Å². The van der Waals surface area contributed by atoms with Crippen LogP contribution in [0.2, 0.25) is 0 Å². The van der Waals surface area contributed by atoms with Crippen LogP contribution in [0.1, 0.15) is 67.7 Å². The van der Waals surface area contributed by atoms with Crippen molar-refractivity contribution >= 4 is 115 Å². The van der Waals surface area contributed by atoms with E-state index in [4.69, 9.17) is 15.4 Å². The second kappa shape index (κ2) is 23.1. The van der Waals surface area contributed by atoms with Crippen molar-refractivity contribution < 1.29 is 106 Å². The molecule has 8 rings (SSSR count). The molecule has 0 saturated heterocycles. The van der Waals surface area contributed by atoms with E-state index >= 15 is 0 Å². The number of anilines is 1. The van der Waals surface area contributed by atoms with Crippen molar-refractivity contribution in [2.24, 2.45) is 0 Å². The molecule has 2 aromatic heterocycles. The lowest BCUT2D eigenvalue weighted by Crippen LogP contribution is -2.28. The highest BCUT2D eigenvalue weighted by atomic mass is 32.2. The molecule has 0 fully saturated rings. The molecule has 432 valence electrons. The zero-order valence-corrected chi connectivity index (χ0v) is 47.5. The minimum atomic E-state index is -5.10. The first-order valence-electron chi connectivity index (χ1n) is 23.5. The number of pyridine rings is 1. The minimum Gasteiger partial charge on any atom is -0.492 e. The summed E-state index contributed by atoms with van der Waals surface area (Å²) in [5.74, 6) is -2.63. The van der Waals surface area contributed by atoms with Crippen LogP contribution in [0.15, 0.2) is 129 Å². The van der Waals surface area contributed by atoms with Gasteiger partial charge in [0.05, 0.1) is 44.3 Å². The molecular weight excluding hydrogens is 1190 g/mol. The lowest BCUT2D eigenvalue weighted by molar-refractivity contribution is -0.437. The van der Waals surface area contributed by atoms with Gasteiger partial charge in [0.2, 0.25) is 17.4 Å². The summed E-state index contributed by atoms with van der Waals surface area (Å²) in [5.41, 5.74) is 0.722. The van der Waals surface area contributed by atoms with Gasteiger partial charge in [0.1, 0.15) is 11.4 Å². The van der Waals surface area contributed by atoms with Crippen molar-refractivity contribution in [2.45, 2.75) is 70.9 Å². The number of benzene rings is 4. The summed E-state index contributed by atoms with van der Waals surface area (Å²) < 4.78 is 152. The van der Waals surface area contributed by atoms with E-state index in [-0.39, 0.29) is 57.6 Å². The lowest BCUT2D eigenvalue weighted by atomic mass is 9.79. The highest BCUT2D eigenvalue weighted by Gasteiger charge is 2.46. The summed E-state index contributed by atoms with van der Waals surface area (Å²) in [5, 5.41) is 46.2. The molecular formula is C49H49N4O22S6+. The Morgan fingerprint density at radius 1 is 0.728 bits per heavy atom. The summed E-state index contributed by atoms with van der Waals surface area (Å²) in [6.45, 7) is 7.23. The van der Waals surface area contributed by atoms with Crippen LogP contribution >= 0.6 is 24.1 Å². The summed E-state index contributed by atoms with van der Waals surface area (Å²) in [7, 11) is -19.5. The van der Waals surface area contributed by atoms with Crippen LogP contribution < -0.4 is 9.74 Å². The Morgan fingerprint density at radius 2 is 1.37 bits per heavy atom. The number of nitrogens with zero attached hydrogens (tertiary/aromatic N) is 4. The Bertz CT molecular complexity index is 4100. The molecule has 4 aromatic carbocycles. The second-order valence-electron chi connectivity index (χ2n) is 19.2. The topological polar surface area (TPSA) is 386 Å². The molecule has 0 unspecified atom stereocenters. The number of rotatable bonds is 22. The van der Waals surface area contributed by atoms with Crippen molar-refractivity contribution in [3.05, 3.63) is 131 Å². The number of carbonyl (C=O) groups excluding carboxylic acids is 1. The number of hydrogen-bond acceptors (Lipinski definition) is 22. The quantitative estimate of drug-likeness (QED) is 0.00621. The van der Waals surface area contributed by atoms with Crippen molar-refractivity contribution in [1.29, 1.82) is 0 Å². The standard InChI is InChI=1S/C49H48N4O22S6/c1-48(2)42(52(20-6-22-78(59,60)61)37-13-10-32-34(45(37)48)23-30(79(62,63)64)25-39(32)77-75-73-58)16-9-28(36-12-7-29(27-50-36)47(56)71-53-43(54)17-18-44(53)55)8-15-41-49(3,4)46-35-24-31(80(65,66)67)26-40(81(68,69)70)33(35)11-14-38(46)51(41)19-5-21-76-74-72-57/h7-18,23-27H,5-6,19-22H2,1-4H3,(H7-,54,55,57,58,59,60,61,62,63,64,65,66,67,68,69,70)/p+1. The molecule has 0 saturated carbocycles. The zero-order valence-electron chi connectivity index (χ0n) is 42.6. The Kier molecular flexibility index (Phi) is 17.4. The maximum absolute atomic E-state index is 13.3. The molecule has 0 radical (unpaired) electrons. The van der Waals surface area contributed by atoms with Gasteiger partial charge < -0.3 is 20.0 Å². The smallest absolute Gasteiger partial charge is 0.365 e. The van der Waals surface area contributed by atoms with E-state index in [0.29, 0.717) is 74.1 Å². The Morgan fingerprint density at radius 3 is 1.98 bits per heavy atom. The van der Waals surface area contributed by atoms with Crippen LogP contribution in [0.3, 0.4) is 0 Å². The lowest BCUT2D eigenvalue weighted by Gasteiger charge is -2.27. The van der Waals surface area contributed by atoms with Crippen LogP contribution in [-0.4, -0.2) is 123 Å². The third-order valence-electron chi connectivity index (χ3n) is 13.4. The predicted molar refractivity (Wildman–Crippen MR) is 292 cm³/mol. The van der Waals surface area contributed by atoms with Gasteiger partial charge in [0.25, 0.3) is 40.5 Å². The number of carbonyl (C=O) groups is 1. The van der Waals surface area contributed by atoms with E-state index in [9.17, 15) is 66.9 Å². The fraction of sp³-hybridized carbons (Fsp3) is 0.245. The Hall–Kier alpha value is -6.31. The van der Waals surface area contributed by atoms with E-state index in [2.05, 4.69) is 23.7 Å². The monoisotopic (exact) mass is 1240 g/mol. The summed E-state index contributed by atoms with van der Waals surface area (Å²) in [6, 6.07) is 15.2. The van der Waals surface area contributed by atoms with Gasteiger partial charge in [0, 0.05) is 99.5 Å². The number of allylic oxidation sites excluding steroid dienone is 6. The number of aromatic hydroxyl groups is 2. The SMILES string of the molecule is CC1(C)C(C=CC(=CC=C2N(CCCSOOO)c3ccc4c(S(=O)(=O)O)cc(S(=O)(=O)O)cc4c3C2(C)C)c2ccc(C(=O)On3c(O)ccc3O)cn2)=[N+](CCCS(=O)(=O)O)c2ccc3c(SOOO)cc(S(=O)(=O)O)cc3c21. The molecule has 0 spiro atoms. The maximum Gasteiger partial charge on any atom is 0.365 e. The molecule has 2 aliphatic heterocycles. The largest absolute Gasteiger partial charge is 0.492 e. The van der Waals surface area contributed by atoms with Gasteiger partial charge in [-0.15, -0.1) is 13.4 Å². The van der Waals surface area contributed by atoms with Crippen LogP contribution in [0, 0.1) is 0 Å². The normalized spacial score (nSPS) is 16.1. The Balaban J connectivity index is 1.35. The molecule has 8 N–H and O–H groups in total. The molecule has 0 atom stereocenters. The fourth-order valence-corrected chi connectivity index (χ4v) is 13.4. The van der Waals surface area contributed by atoms with Crippen LogP contribution in [-0.2, 0) is 70.0 Å². The highest BCUT2D eigenvalue weighted by Crippen LogP contribution is 2.52. The van der Waals surface area contributed by atoms with Gasteiger partial charge in [-0.3, -0.25) is 23.2 Å². The van der Waals surface area contributed by atoms with E-state index in [0.717, 1.165) is 42.5 Å². The molecule has 4 heterocycles. The van der Waals surface area contributed by atoms with Gasteiger partial charge in [-0.1, -0.05) is 36.1 Å². The van der Waals surface area contributed by atoms with Gasteiger partial charge in [-0.2, -0.15) is 38.2 Å². The van der Waals surface area contributed by atoms with E-state index in [1.165, 1.54) is 24.3 Å². The molecule has 32 heteroatoms. The van der Waals surface area contributed by atoms with Crippen molar-refractivity contribution in [3.63, 3.8) is 0 Å². The first-order chi connectivity index (χ1) is 37.9. The first kappa shape index (κ1) is 60.8. The van der Waals surface area contributed by atoms with E-state index in [1.54, 1.807) is 74.8 Å². The van der Waals surface area contributed by atoms with Crippen molar-refractivity contribution in [1.82, 2.24) is 9.71 Å². The van der Waals surface area contributed by atoms with Gasteiger partial charge in [0.15, 0.2) is 5.71 Å². The van der Waals surface area contributed by atoms with Crippen LogP contribution in [0.4, 0.5) is 11.4 Å². The fourth-order valence-electron chi connectivity index (χ4n) is 10.0. The number of fused-ring (bicyclic) bond motifs is 6. The molecule has 0 bridgehead atoms. The third kappa shape index (κ3) is 12.7. The molecule has 6 aromatic rings. The summed E-state index contributed by atoms with van der Waals surface area (Å²) in [4.78, 5) is 22.8. The predicted octanol–water partition coefficient (Wildman–Crippen LogP) is 7.47. The minimum absolute atomic E-state index is 0.0413. The average molecular weight is 1240 g/mol. The van der Waals surface area contributed by atoms with Crippen LogP contribution in [0.5, 0.6) is 11.8 Å². The maximum atomic E-state index is 13.3. The van der Waals surface area contributed by atoms with Gasteiger partial charge >= 0.3 is 5.97 Å².